The Balaban J connectivity index is 2.56. The van der Waals surface area contributed by atoms with Crippen molar-refractivity contribution < 1.29 is 4.74 Å². The van der Waals surface area contributed by atoms with Gasteiger partial charge in [0.15, 0.2) is 0 Å². The van der Waals surface area contributed by atoms with Gasteiger partial charge >= 0.3 is 0 Å². The molecule has 0 bridgehead atoms. The van der Waals surface area contributed by atoms with Crippen molar-refractivity contribution in [1.82, 2.24) is 0 Å². The number of rotatable bonds is 6. The highest BCUT2D eigenvalue weighted by molar-refractivity contribution is 6.25. The van der Waals surface area contributed by atoms with E-state index < -0.39 is 0 Å². The van der Waals surface area contributed by atoms with Gasteiger partial charge in [0.05, 0.1) is 6.10 Å². The van der Waals surface area contributed by atoms with Gasteiger partial charge in [-0.3, -0.25) is 0 Å². The van der Waals surface area contributed by atoms with Crippen molar-refractivity contribution >= 4 is 17.3 Å². The Morgan fingerprint density at radius 1 is 1.50 bits per heavy atom. The maximum absolute atomic E-state index is 5.73. The highest BCUT2D eigenvalue weighted by atomic mass is 35.5. The van der Waals surface area contributed by atoms with E-state index in [1.165, 1.54) is 5.54 Å². The van der Waals surface area contributed by atoms with E-state index in [4.69, 9.17) is 16.3 Å². The van der Waals surface area contributed by atoms with E-state index in [1.54, 1.807) is 0 Å². The van der Waals surface area contributed by atoms with Gasteiger partial charge in [-0.2, -0.15) is 0 Å². The first-order valence-electron chi connectivity index (χ1n) is 5.52. The predicted octanol–water partition coefficient (Wildman–Crippen LogP) is 4.03. The van der Waals surface area contributed by atoms with Crippen LogP contribution in [0.4, 0.5) is 5.69 Å². The summed E-state index contributed by atoms with van der Waals surface area (Å²) >= 11 is 5.44. The molecular weight excluding hydrogens is 222 g/mol. The van der Waals surface area contributed by atoms with Gasteiger partial charge in [0.25, 0.3) is 0 Å². The van der Waals surface area contributed by atoms with Gasteiger partial charge in [0.1, 0.15) is 5.75 Å². The molecule has 1 aromatic rings. The lowest BCUT2D eigenvalue weighted by molar-refractivity contribution is 0.217. The van der Waals surface area contributed by atoms with Gasteiger partial charge in [-0.05, 0) is 25.5 Å². The quantitative estimate of drug-likeness (QED) is 0.809. The van der Waals surface area contributed by atoms with Crippen LogP contribution >= 0.6 is 11.6 Å². The van der Waals surface area contributed by atoms with E-state index in [-0.39, 0.29) is 6.10 Å². The van der Waals surface area contributed by atoms with Gasteiger partial charge in [-0.25, -0.2) is 0 Å². The van der Waals surface area contributed by atoms with Crippen LogP contribution in [0.5, 0.6) is 5.75 Å². The summed E-state index contributed by atoms with van der Waals surface area (Å²) in [4.78, 5) is 0. The summed E-state index contributed by atoms with van der Waals surface area (Å²) in [6.07, 6.45) is 3.11. The van der Waals surface area contributed by atoms with Gasteiger partial charge in [0, 0.05) is 23.8 Å². The van der Waals surface area contributed by atoms with Crippen molar-refractivity contribution in [3.8, 4) is 5.75 Å². The third-order valence-electron chi connectivity index (χ3n) is 2.26. The molecule has 1 rings (SSSR count). The molecule has 0 aliphatic rings. The van der Waals surface area contributed by atoms with Crippen molar-refractivity contribution in [3.63, 3.8) is 0 Å². The molecule has 2 nitrogen and oxygen atoms in total. The lowest BCUT2D eigenvalue weighted by atomic mass is 10.2. The van der Waals surface area contributed by atoms with Gasteiger partial charge < -0.3 is 10.1 Å². The Labute approximate surface area is 102 Å². The van der Waals surface area contributed by atoms with Crippen LogP contribution in [0.3, 0.4) is 0 Å². The van der Waals surface area contributed by atoms with Crippen molar-refractivity contribution in [2.24, 2.45) is 0 Å². The monoisotopic (exact) mass is 239 g/mol. The zero-order valence-corrected chi connectivity index (χ0v) is 10.5. The number of halogens is 1. The van der Waals surface area contributed by atoms with E-state index >= 15 is 0 Å². The Morgan fingerprint density at radius 3 is 3.00 bits per heavy atom. The average Bonchev–Trinajstić information content (AvgIpc) is 2.30. The SMILES string of the molecule is CCC(C)Oc1cccc(NC/C=C/Cl)c1. The van der Waals surface area contributed by atoms with Crippen molar-refractivity contribution in [2.45, 2.75) is 26.4 Å². The number of anilines is 1. The number of benzene rings is 1. The molecule has 0 radical (unpaired) electrons. The minimum absolute atomic E-state index is 0.248. The molecule has 0 saturated heterocycles. The minimum Gasteiger partial charge on any atom is -0.491 e. The third kappa shape index (κ3) is 4.58. The first kappa shape index (κ1) is 12.9. The molecular formula is C13H18ClNO. The highest BCUT2D eigenvalue weighted by Gasteiger charge is 2.01. The van der Waals surface area contributed by atoms with Crippen molar-refractivity contribution in [3.05, 3.63) is 35.9 Å². The lowest BCUT2D eigenvalue weighted by Gasteiger charge is -2.13. The zero-order valence-electron chi connectivity index (χ0n) is 9.74. The molecule has 0 fully saturated rings. The number of hydrogen-bond donors (Lipinski definition) is 1. The fourth-order valence-corrected chi connectivity index (χ4v) is 1.31. The molecule has 0 spiro atoms. The van der Waals surface area contributed by atoms with Crippen LogP contribution in [-0.2, 0) is 0 Å². The van der Waals surface area contributed by atoms with E-state index in [0.29, 0.717) is 0 Å². The Hall–Kier alpha value is -1.15. The summed E-state index contributed by atoms with van der Waals surface area (Å²) < 4.78 is 5.73. The zero-order chi connectivity index (χ0) is 11.8. The van der Waals surface area contributed by atoms with E-state index in [1.807, 2.05) is 30.3 Å². The van der Waals surface area contributed by atoms with Gasteiger partial charge in [-0.15, -0.1) is 0 Å². The van der Waals surface area contributed by atoms with Crippen LogP contribution in [0.1, 0.15) is 20.3 Å². The van der Waals surface area contributed by atoms with Crippen molar-refractivity contribution in [2.75, 3.05) is 11.9 Å². The van der Waals surface area contributed by atoms with E-state index in [2.05, 4.69) is 19.2 Å². The first-order valence-corrected chi connectivity index (χ1v) is 5.95. The summed E-state index contributed by atoms with van der Waals surface area (Å²) in [7, 11) is 0. The first-order chi connectivity index (χ1) is 7.76. The standard InChI is InChI=1S/C13H18ClNO/c1-3-11(2)16-13-7-4-6-12(10-13)15-9-5-8-14/h4-8,10-11,15H,3,9H2,1-2H3/b8-5+. The Bertz CT molecular complexity index is 338. The second kappa shape index (κ2) is 7.18. The number of nitrogens with one attached hydrogen (secondary N) is 1. The molecule has 1 unspecified atom stereocenters. The molecule has 0 saturated carbocycles. The Kier molecular flexibility index (Phi) is 5.79. The molecule has 88 valence electrons. The third-order valence-corrected chi connectivity index (χ3v) is 2.44. The largest absolute Gasteiger partial charge is 0.491 e. The average molecular weight is 240 g/mol. The van der Waals surface area contributed by atoms with Crippen LogP contribution in [0.15, 0.2) is 35.9 Å². The fourth-order valence-electron chi connectivity index (χ4n) is 1.22. The predicted molar refractivity (Wildman–Crippen MR) is 70.3 cm³/mol. The normalized spacial score (nSPS) is 12.7. The highest BCUT2D eigenvalue weighted by Crippen LogP contribution is 2.18. The summed E-state index contributed by atoms with van der Waals surface area (Å²) in [6.45, 7) is 4.89. The maximum Gasteiger partial charge on any atom is 0.121 e. The van der Waals surface area contributed by atoms with Gasteiger partial charge in [0.2, 0.25) is 0 Å². The molecule has 0 amide bonds. The second-order valence-corrected chi connectivity index (χ2v) is 3.86. The summed E-state index contributed by atoms with van der Waals surface area (Å²) in [5, 5.41) is 3.23. The van der Waals surface area contributed by atoms with Crippen LogP contribution in [0.2, 0.25) is 0 Å². The minimum atomic E-state index is 0.248. The second-order valence-electron chi connectivity index (χ2n) is 3.61. The molecule has 0 aliphatic heterocycles. The smallest absolute Gasteiger partial charge is 0.121 e. The Morgan fingerprint density at radius 2 is 2.31 bits per heavy atom. The fraction of sp³-hybridized carbons (Fsp3) is 0.385. The van der Waals surface area contributed by atoms with Crippen LogP contribution < -0.4 is 10.1 Å². The summed E-state index contributed by atoms with van der Waals surface area (Å²) in [5.74, 6) is 0.897. The summed E-state index contributed by atoms with van der Waals surface area (Å²) in [6, 6.07) is 7.94. The maximum atomic E-state index is 5.73. The lowest BCUT2D eigenvalue weighted by Crippen LogP contribution is -2.09. The molecule has 0 heterocycles. The van der Waals surface area contributed by atoms with Crippen molar-refractivity contribution in [1.29, 1.82) is 0 Å². The number of ether oxygens (including phenoxy) is 1. The topological polar surface area (TPSA) is 21.3 Å². The number of hydrogen-bond acceptors (Lipinski definition) is 2. The van der Waals surface area contributed by atoms with E-state index in [9.17, 15) is 0 Å². The van der Waals surface area contributed by atoms with Crippen LogP contribution in [-0.4, -0.2) is 12.6 Å². The van der Waals surface area contributed by atoms with Gasteiger partial charge in [-0.1, -0.05) is 30.7 Å². The van der Waals surface area contributed by atoms with Crippen LogP contribution in [0.25, 0.3) is 0 Å². The molecule has 1 aromatic carbocycles. The molecule has 0 aliphatic carbocycles. The molecule has 1 atom stereocenters. The summed E-state index contributed by atoms with van der Waals surface area (Å²) in [5.41, 5.74) is 2.54. The van der Waals surface area contributed by atoms with Crippen LogP contribution in [0, 0.1) is 0 Å². The molecule has 16 heavy (non-hydrogen) atoms. The molecule has 0 aromatic heterocycles. The molecule has 3 heteroatoms. The van der Waals surface area contributed by atoms with E-state index in [0.717, 1.165) is 24.4 Å². The molecule has 1 N–H and O–H groups in total.